The molecule has 0 unspecified atom stereocenters. The highest BCUT2D eigenvalue weighted by Crippen LogP contribution is 2.44. The summed E-state index contributed by atoms with van der Waals surface area (Å²) in [4.78, 5) is 18.6. The predicted molar refractivity (Wildman–Crippen MR) is 143 cm³/mol. The summed E-state index contributed by atoms with van der Waals surface area (Å²) in [5, 5.41) is 16.9. The Bertz CT molecular complexity index is 1620. The summed E-state index contributed by atoms with van der Waals surface area (Å²) in [6.07, 6.45) is -2.32. The summed E-state index contributed by atoms with van der Waals surface area (Å²) >= 11 is 7.69. The van der Waals surface area contributed by atoms with Crippen LogP contribution >= 0.6 is 43.2 Å². The number of aromatic nitrogens is 3. The van der Waals surface area contributed by atoms with Crippen molar-refractivity contribution in [2.45, 2.75) is 46.2 Å². The van der Waals surface area contributed by atoms with Gasteiger partial charge >= 0.3 is 6.18 Å². The number of hydrogen-bond acceptors (Lipinski definition) is 6. The normalized spacial score (nSPS) is 15.9. The lowest BCUT2D eigenvalue weighted by molar-refractivity contribution is -0.142. The minimum Gasteiger partial charge on any atom is -0.448 e. The van der Waals surface area contributed by atoms with Crippen LogP contribution in [0.2, 0.25) is 0 Å². The maximum atomic E-state index is 14.0. The number of nitrogens with one attached hydrogen (secondary N) is 1. The van der Waals surface area contributed by atoms with Crippen LogP contribution < -0.4 is 5.32 Å². The first-order chi connectivity index (χ1) is 17.8. The number of rotatable bonds is 3. The van der Waals surface area contributed by atoms with Crippen LogP contribution in [0.15, 0.2) is 31.8 Å². The third-order valence-corrected chi connectivity index (χ3v) is 9.02. The third-order valence-electron chi connectivity index (χ3n) is 6.69. The van der Waals surface area contributed by atoms with Gasteiger partial charge in [-0.15, -0.1) is 11.3 Å². The van der Waals surface area contributed by atoms with Crippen LogP contribution in [0.3, 0.4) is 0 Å². The summed E-state index contributed by atoms with van der Waals surface area (Å²) < 4.78 is 48.2. The second-order valence-corrected chi connectivity index (χ2v) is 12.8. The number of fused-ring (bicyclic) bond motifs is 2. The van der Waals surface area contributed by atoms with Crippen molar-refractivity contribution in [2.75, 3.05) is 5.32 Å². The number of nitriles is 1. The van der Waals surface area contributed by atoms with Crippen LogP contribution in [0.25, 0.3) is 17.1 Å². The van der Waals surface area contributed by atoms with Crippen molar-refractivity contribution in [2.24, 2.45) is 11.3 Å². The van der Waals surface area contributed by atoms with E-state index >= 15 is 0 Å². The lowest BCUT2D eigenvalue weighted by Gasteiger charge is -2.33. The van der Waals surface area contributed by atoms with Crippen molar-refractivity contribution in [3.05, 3.63) is 54.7 Å². The van der Waals surface area contributed by atoms with Crippen LogP contribution in [-0.2, 0) is 19.0 Å². The van der Waals surface area contributed by atoms with E-state index in [1.165, 1.54) is 23.5 Å². The minimum absolute atomic E-state index is 0.0133. The molecule has 0 saturated carbocycles. The van der Waals surface area contributed by atoms with E-state index in [9.17, 15) is 23.2 Å². The fourth-order valence-electron chi connectivity index (χ4n) is 4.61. The van der Waals surface area contributed by atoms with Crippen LogP contribution in [0, 0.1) is 22.7 Å². The van der Waals surface area contributed by atoms with Crippen LogP contribution in [0.1, 0.15) is 59.4 Å². The second kappa shape index (κ2) is 9.50. The molecule has 13 heteroatoms. The number of amides is 1. The maximum Gasteiger partial charge on any atom is 0.433 e. The van der Waals surface area contributed by atoms with Gasteiger partial charge in [0.1, 0.15) is 16.8 Å². The van der Waals surface area contributed by atoms with E-state index in [-0.39, 0.29) is 32.7 Å². The predicted octanol–water partition coefficient (Wildman–Crippen LogP) is 7.87. The number of carbonyl (C=O) groups excluding carboxylic acids is 1. The van der Waals surface area contributed by atoms with Crippen molar-refractivity contribution in [1.82, 2.24) is 14.6 Å². The number of furan rings is 1. The Morgan fingerprint density at radius 1 is 1.29 bits per heavy atom. The quantitative estimate of drug-likeness (QED) is 0.239. The Hall–Kier alpha value is -2.69. The molecule has 7 nitrogen and oxygen atoms in total. The summed E-state index contributed by atoms with van der Waals surface area (Å²) in [5.41, 5.74) is -0.262. The molecule has 0 saturated heterocycles. The van der Waals surface area contributed by atoms with E-state index in [1.807, 2.05) is 0 Å². The van der Waals surface area contributed by atoms with Crippen molar-refractivity contribution < 1.29 is 22.4 Å². The van der Waals surface area contributed by atoms with Gasteiger partial charge in [-0.1, -0.05) is 20.8 Å². The molecule has 4 aromatic rings. The molecule has 1 N–H and O–H groups in total. The fraction of sp³-hybridized carbons (Fsp3) is 0.360. The highest BCUT2D eigenvalue weighted by Gasteiger charge is 2.37. The summed E-state index contributed by atoms with van der Waals surface area (Å²) in [5.74, 6) is -0.201. The number of halogens is 5. The van der Waals surface area contributed by atoms with Crippen LogP contribution in [0.5, 0.6) is 0 Å². The zero-order valence-electron chi connectivity index (χ0n) is 20.3. The Morgan fingerprint density at radius 2 is 2.03 bits per heavy atom. The molecule has 38 heavy (non-hydrogen) atoms. The number of anilines is 1. The largest absolute Gasteiger partial charge is 0.448 e. The molecule has 0 fully saturated rings. The molecule has 0 aromatic carbocycles. The Labute approximate surface area is 236 Å². The van der Waals surface area contributed by atoms with Crippen molar-refractivity contribution in [1.29, 1.82) is 5.26 Å². The molecule has 0 aliphatic heterocycles. The first-order valence-electron chi connectivity index (χ1n) is 11.6. The molecule has 5 rings (SSSR count). The van der Waals surface area contributed by atoms with Gasteiger partial charge in [0.05, 0.1) is 10.0 Å². The topological polar surface area (TPSA) is 96.2 Å². The van der Waals surface area contributed by atoms with Crippen LogP contribution in [-0.4, -0.2) is 20.5 Å². The van der Waals surface area contributed by atoms with Gasteiger partial charge in [-0.25, -0.2) is 9.50 Å². The molecule has 4 aromatic heterocycles. The van der Waals surface area contributed by atoms with Crippen LogP contribution in [0.4, 0.5) is 18.2 Å². The Balaban J connectivity index is 1.54. The summed E-state index contributed by atoms with van der Waals surface area (Å²) in [6.45, 7) is 6.55. The van der Waals surface area contributed by atoms with Gasteiger partial charge in [-0.3, -0.25) is 4.79 Å². The molecule has 0 bridgehead atoms. The van der Waals surface area contributed by atoms with E-state index in [4.69, 9.17) is 4.42 Å². The molecule has 198 valence electrons. The number of thiophene rings is 1. The van der Waals surface area contributed by atoms with Gasteiger partial charge in [-0.05, 0) is 86.2 Å². The standard InChI is InChI=1S/C25H20Br2F3N5O2S/c1-24(2,3)11-4-5-12-13(10-31)23(38-16(12)8-11)33-22(36)20-19(27)21-32-14(15-6-7-18(26)37-15)9-17(25(28,29)30)35(21)34-20/h6-7,9,11H,4-5,8H2,1-3H3,(H,33,36)/t11-/m0/s1. The molecular weight excluding hydrogens is 651 g/mol. The first kappa shape index (κ1) is 26.9. The molecular formula is C25H20Br2F3N5O2S. The molecule has 1 amide bonds. The molecule has 0 radical (unpaired) electrons. The molecule has 1 atom stereocenters. The Kier molecular flexibility index (Phi) is 6.72. The summed E-state index contributed by atoms with van der Waals surface area (Å²) in [6, 6.07) is 6.02. The van der Waals surface area contributed by atoms with Gasteiger partial charge in [0, 0.05) is 4.88 Å². The van der Waals surface area contributed by atoms with E-state index in [0.29, 0.717) is 25.7 Å². The third kappa shape index (κ3) is 4.78. The van der Waals surface area contributed by atoms with Gasteiger partial charge in [0.2, 0.25) is 0 Å². The number of hydrogen-bond donors (Lipinski definition) is 1. The second-order valence-electron chi connectivity index (χ2n) is 10.1. The van der Waals surface area contributed by atoms with Crippen molar-refractivity contribution >= 4 is 59.8 Å². The van der Waals surface area contributed by atoms with Gasteiger partial charge in [0.15, 0.2) is 27.5 Å². The highest BCUT2D eigenvalue weighted by atomic mass is 79.9. The van der Waals surface area contributed by atoms with Gasteiger partial charge < -0.3 is 9.73 Å². The van der Waals surface area contributed by atoms with E-state index in [1.54, 1.807) is 0 Å². The average molecular weight is 671 g/mol. The maximum absolute atomic E-state index is 14.0. The minimum atomic E-state index is -4.79. The fourth-order valence-corrected chi connectivity index (χ4v) is 6.71. The lowest BCUT2D eigenvalue weighted by Crippen LogP contribution is -2.26. The SMILES string of the molecule is CC(C)(C)[C@H]1CCc2c(sc(NC(=O)c3nn4c(C(F)(F)F)cc(-c5ccc(Br)o5)nc4c3Br)c2C#N)C1. The highest BCUT2D eigenvalue weighted by molar-refractivity contribution is 9.10. The molecule has 4 heterocycles. The van der Waals surface area contributed by atoms with Crippen molar-refractivity contribution in [3.63, 3.8) is 0 Å². The molecule has 1 aliphatic carbocycles. The number of alkyl halides is 3. The van der Waals surface area contributed by atoms with E-state index in [2.05, 4.69) is 74.1 Å². The number of nitrogens with zero attached hydrogens (tertiary/aromatic N) is 4. The lowest BCUT2D eigenvalue weighted by atomic mass is 9.72. The Morgan fingerprint density at radius 3 is 2.63 bits per heavy atom. The molecule has 0 spiro atoms. The summed E-state index contributed by atoms with van der Waals surface area (Å²) in [7, 11) is 0. The van der Waals surface area contributed by atoms with E-state index < -0.39 is 17.8 Å². The zero-order chi connectivity index (χ0) is 27.6. The number of carbonyl (C=O) groups is 1. The smallest absolute Gasteiger partial charge is 0.433 e. The zero-order valence-corrected chi connectivity index (χ0v) is 24.3. The molecule has 1 aliphatic rings. The monoisotopic (exact) mass is 669 g/mol. The average Bonchev–Trinajstić information content (AvgIpc) is 3.51. The van der Waals surface area contributed by atoms with E-state index in [0.717, 1.165) is 35.8 Å². The van der Waals surface area contributed by atoms with Gasteiger partial charge in [-0.2, -0.15) is 23.5 Å². The first-order valence-corrected chi connectivity index (χ1v) is 14.0. The van der Waals surface area contributed by atoms with Crippen molar-refractivity contribution in [3.8, 4) is 17.5 Å². The van der Waals surface area contributed by atoms with Gasteiger partial charge in [0.25, 0.3) is 5.91 Å².